The molecular formula is C10H11N3O. The maximum absolute atomic E-state index is 11.4. The molecule has 2 aromatic rings. The molecule has 4 heteroatoms. The molecule has 14 heavy (non-hydrogen) atoms. The second kappa shape index (κ2) is 3.51. The summed E-state index contributed by atoms with van der Waals surface area (Å²) in [4.78, 5) is 14.4. The summed E-state index contributed by atoms with van der Waals surface area (Å²) in [6.45, 7) is 0.147. The number of fused-ring (bicyclic) bond motifs is 1. The molecule has 0 saturated heterocycles. The fourth-order valence-corrected chi connectivity index (χ4v) is 1.38. The number of nitrogens with one attached hydrogen (secondary N) is 2. The van der Waals surface area contributed by atoms with Crippen LogP contribution in [-0.2, 0) is 0 Å². The van der Waals surface area contributed by atoms with Crippen LogP contribution < -0.4 is 11.1 Å². The quantitative estimate of drug-likeness (QED) is 0.612. The Hall–Kier alpha value is -1.81. The second-order valence-electron chi connectivity index (χ2n) is 2.98. The average Bonchev–Trinajstić information content (AvgIpc) is 2.61. The van der Waals surface area contributed by atoms with E-state index in [1.807, 2.05) is 24.3 Å². The van der Waals surface area contributed by atoms with E-state index in [9.17, 15) is 4.79 Å². The van der Waals surface area contributed by atoms with Crippen molar-refractivity contribution < 1.29 is 4.79 Å². The van der Waals surface area contributed by atoms with Crippen molar-refractivity contribution >= 4 is 16.8 Å². The summed E-state index contributed by atoms with van der Waals surface area (Å²) in [6, 6.07) is 9.53. The van der Waals surface area contributed by atoms with Crippen LogP contribution in [0, 0.1) is 0 Å². The van der Waals surface area contributed by atoms with Gasteiger partial charge in [-0.1, -0.05) is 18.2 Å². The number of hydrogen-bond acceptors (Lipinski definition) is 2. The van der Waals surface area contributed by atoms with Crippen LogP contribution in [0.15, 0.2) is 30.3 Å². The number of amides is 1. The molecule has 0 aliphatic rings. The van der Waals surface area contributed by atoms with Crippen LogP contribution in [0.3, 0.4) is 0 Å². The molecule has 0 spiro atoms. The normalized spacial score (nSPS) is 10.4. The lowest BCUT2D eigenvalue weighted by Gasteiger charge is -1.96. The van der Waals surface area contributed by atoms with E-state index in [1.54, 1.807) is 6.07 Å². The van der Waals surface area contributed by atoms with E-state index in [2.05, 4.69) is 10.3 Å². The minimum Gasteiger partial charge on any atom is -0.351 e. The Labute approximate surface area is 81.1 Å². The third kappa shape index (κ3) is 1.47. The first-order valence-corrected chi connectivity index (χ1v) is 4.37. The minimum absolute atomic E-state index is 0.147. The van der Waals surface area contributed by atoms with E-state index in [0.29, 0.717) is 5.69 Å². The lowest BCUT2D eigenvalue weighted by atomic mass is 10.2. The number of para-hydroxylation sites is 1. The van der Waals surface area contributed by atoms with Gasteiger partial charge in [0.15, 0.2) is 0 Å². The van der Waals surface area contributed by atoms with Gasteiger partial charge in [-0.15, -0.1) is 0 Å². The van der Waals surface area contributed by atoms with Gasteiger partial charge in [0.05, 0.1) is 6.67 Å². The van der Waals surface area contributed by atoms with Crippen molar-refractivity contribution in [2.45, 2.75) is 0 Å². The molecule has 0 aliphatic carbocycles. The van der Waals surface area contributed by atoms with Crippen LogP contribution in [0.25, 0.3) is 10.9 Å². The van der Waals surface area contributed by atoms with Crippen molar-refractivity contribution in [1.29, 1.82) is 0 Å². The third-order valence-corrected chi connectivity index (χ3v) is 2.04. The Morgan fingerprint density at radius 2 is 2.21 bits per heavy atom. The predicted molar refractivity (Wildman–Crippen MR) is 54.8 cm³/mol. The number of H-pyrrole nitrogens is 1. The number of benzene rings is 1. The van der Waals surface area contributed by atoms with Crippen molar-refractivity contribution in [1.82, 2.24) is 10.3 Å². The van der Waals surface area contributed by atoms with Gasteiger partial charge in [-0.2, -0.15) is 0 Å². The monoisotopic (exact) mass is 189 g/mol. The number of carbonyl (C=O) groups excluding carboxylic acids is 1. The summed E-state index contributed by atoms with van der Waals surface area (Å²) in [5.74, 6) is -0.177. The minimum atomic E-state index is -0.177. The van der Waals surface area contributed by atoms with Crippen LogP contribution >= 0.6 is 0 Å². The Balaban J connectivity index is 2.40. The van der Waals surface area contributed by atoms with Crippen molar-refractivity contribution in [3.63, 3.8) is 0 Å². The Morgan fingerprint density at radius 3 is 2.93 bits per heavy atom. The van der Waals surface area contributed by atoms with Gasteiger partial charge in [0.25, 0.3) is 5.91 Å². The first kappa shape index (κ1) is 8.77. The molecule has 0 bridgehead atoms. The molecule has 0 radical (unpaired) electrons. The van der Waals surface area contributed by atoms with Gasteiger partial charge in [-0.25, -0.2) is 0 Å². The summed E-state index contributed by atoms with van der Waals surface area (Å²) in [6.07, 6.45) is 0. The molecule has 0 fully saturated rings. The number of aromatic nitrogens is 1. The van der Waals surface area contributed by atoms with Crippen LogP contribution in [0.1, 0.15) is 10.5 Å². The largest absolute Gasteiger partial charge is 0.351 e. The maximum atomic E-state index is 11.4. The summed E-state index contributed by atoms with van der Waals surface area (Å²) >= 11 is 0. The standard InChI is InChI=1S/C10H11N3O/c11-6-12-10(14)9-5-7-3-1-2-4-8(7)13-9/h1-5,13H,6,11H2,(H,12,14). The van der Waals surface area contributed by atoms with E-state index >= 15 is 0 Å². The van der Waals surface area contributed by atoms with E-state index in [0.717, 1.165) is 10.9 Å². The molecule has 4 nitrogen and oxygen atoms in total. The van der Waals surface area contributed by atoms with Gasteiger partial charge in [0.2, 0.25) is 0 Å². The Bertz CT molecular complexity index is 428. The number of carbonyl (C=O) groups is 1. The van der Waals surface area contributed by atoms with Gasteiger partial charge < -0.3 is 16.0 Å². The molecule has 72 valence electrons. The Kier molecular flexibility index (Phi) is 2.20. The van der Waals surface area contributed by atoms with Gasteiger partial charge in [0, 0.05) is 10.9 Å². The summed E-state index contributed by atoms with van der Waals surface area (Å²) in [7, 11) is 0. The van der Waals surface area contributed by atoms with Gasteiger partial charge in [-0.3, -0.25) is 4.79 Å². The number of aromatic amines is 1. The lowest BCUT2D eigenvalue weighted by Crippen LogP contribution is -2.29. The average molecular weight is 189 g/mol. The predicted octanol–water partition coefficient (Wildman–Crippen LogP) is 0.814. The molecule has 0 unspecified atom stereocenters. The molecular weight excluding hydrogens is 178 g/mol. The van der Waals surface area contributed by atoms with Gasteiger partial charge in [0.1, 0.15) is 5.69 Å². The highest BCUT2D eigenvalue weighted by molar-refractivity contribution is 5.97. The molecule has 1 aromatic heterocycles. The van der Waals surface area contributed by atoms with E-state index in [1.165, 1.54) is 0 Å². The third-order valence-electron chi connectivity index (χ3n) is 2.04. The topological polar surface area (TPSA) is 70.9 Å². The zero-order valence-corrected chi connectivity index (χ0v) is 7.58. The SMILES string of the molecule is NCNC(=O)c1cc2ccccc2[nH]1. The number of hydrogen-bond donors (Lipinski definition) is 3. The zero-order chi connectivity index (χ0) is 9.97. The zero-order valence-electron chi connectivity index (χ0n) is 7.58. The van der Waals surface area contributed by atoms with Gasteiger partial charge >= 0.3 is 0 Å². The van der Waals surface area contributed by atoms with E-state index in [-0.39, 0.29) is 12.6 Å². The van der Waals surface area contributed by atoms with Crippen LogP contribution in [0.5, 0.6) is 0 Å². The first-order chi connectivity index (χ1) is 6.81. The molecule has 0 saturated carbocycles. The fraction of sp³-hybridized carbons (Fsp3) is 0.100. The molecule has 0 atom stereocenters. The van der Waals surface area contributed by atoms with Crippen LogP contribution in [0.2, 0.25) is 0 Å². The van der Waals surface area contributed by atoms with Crippen molar-refractivity contribution in [3.8, 4) is 0 Å². The van der Waals surface area contributed by atoms with Crippen LogP contribution in [-0.4, -0.2) is 17.6 Å². The summed E-state index contributed by atoms with van der Waals surface area (Å²) < 4.78 is 0. The molecule has 1 aromatic carbocycles. The van der Waals surface area contributed by atoms with Crippen molar-refractivity contribution in [3.05, 3.63) is 36.0 Å². The summed E-state index contributed by atoms with van der Waals surface area (Å²) in [5, 5.41) is 3.55. The molecule has 1 amide bonds. The van der Waals surface area contributed by atoms with Gasteiger partial charge in [-0.05, 0) is 12.1 Å². The number of nitrogens with two attached hydrogens (primary N) is 1. The van der Waals surface area contributed by atoms with Crippen molar-refractivity contribution in [2.75, 3.05) is 6.67 Å². The fourth-order valence-electron chi connectivity index (χ4n) is 1.38. The second-order valence-corrected chi connectivity index (χ2v) is 2.98. The van der Waals surface area contributed by atoms with Crippen molar-refractivity contribution in [2.24, 2.45) is 5.73 Å². The highest BCUT2D eigenvalue weighted by Crippen LogP contribution is 2.14. The molecule has 0 aliphatic heterocycles. The smallest absolute Gasteiger partial charge is 0.268 e. The molecule has 4 N–H and O–H groups in total. The Morgan fingerprint density at radius 1 is 1.43 bits per heavy atom. The lowest BCUT2D eigenvalue weighted by molar-refractivity contribution is 0.0950. The molecule has 2 rings (SSSR count). The highest BCUT2D eigenvalue weighted by Gasteiger charge is 2.06. The van der Waals surface area contributed by atoms with E-state index in [4.69, 9.17) is 5.73 Å². The molecule has 1 heterocycles. The van der Waals surface area contributed by atoms with Crippen LogP contribution in [0.4, 0.5) is 0 Å². The highest BCUT2D eigenvalue weighted by atomic mass is 16.1. The van der Waals surface area contributed by atoms with E-state index < -0.39 is 0 Å². The number of rotatable bonds is 2. The summed E-state index contributed by atoms with van der Waals surface area (Å²) in [5.41, 5.74) is 6.71. The maximum Gasteiger partial charge on any atom is 0.268 e. The first-order valence-electron chi connectivity index (χ1n) is 4.37.